The molecule has 0 aliphatic heterocycles. The number of hydrogen-bond acceptors (Lipinski definition) is 4. The highest BCUT2D eigenvalue weighted by molar-refractivity contribution is 6.32. The molecule has 1 aliphatic carbocycles. The molecule has 1 aromatic rings. The van der Waals surface area contributed by atoms with E-state index >= 15 is 0 Å². The minimum atomic E-state index is -0.533. The van der Waals surface area contributed by atoms with Gasteiger partial charge in [0.1, 0.15) is 5.02 Å². The van der Waals surface area contributed by atoms with E-state index in [1.165, 1.54) is 12.1 Å². The molecule has 0 aromatic heterocycles. The molecule has 0 spiro atoms. The lowest BCUT2D eigenvalue weighted by molar-refractivity contribution is -0.384. The van der Waals surface area contributed by atoms with E-state index in [0.29, 0.717) is 12.1 Å². The van der Waals surface area contributed by atoms with Gasteiger partial charge in [0.2, 0.25) is 0 Å². The van der Waals surface area contributed by atoms with Gasteiger partial charge in [-0.25, -0.2) is 0 Å². The molecule has 1 aromatic carbocycles. The summed E-state index contributed by atoms with van der Waals surface area (Å²) >= 11 is 5.81. The van der Waals surface area contributed by atoms with Gasteiger partial charge in [-0.3, -0.25) is 14.9 Å². The molecule has 1 saturated carbocycles. The molecule has 0 atom stereocenters. The van der Waals surface area contributed by atoms with Gasteiger partial charge in [-0.2, -0.15) is 0 Å². The molecule has 1 fully saturated rings. The lowest BCUT2D eigenvalue weighted by Crippen LogP contribution is -2.09. The van der Waals surface area contributed by atoms with Gasteiger partial charge in [-0.15, -0.1) is 0 Å². The number of benzene rings is 1. The van der Waals surface area contributed by atoms with Crippen LogP contribution in [0.5, 0.6) is 0 Å². The van der Waals surface area contributed by atoms with Crippen molar-refractivity contribution in [1.29, 1.82) is 0 Å². The SMILES string of the molecule is O=C1CCCC/C1=C\Nc1ccc([N+](=O)[O-])c(Cl)c1. The fourth-order valence-corrected chi connectivity index (χ4v) is 2.22. The zero-order valence-electron chi connectivity index (χ0n) is 10.2. The summed E-state index contributed by atoms with van der Waals surface area (Å²) < 4.78 is 0. The van der Waals surface area contributed by atoms with Crippen molar-refractivity contribution in [2.45, 2.75) is 25.7 Å². The number of carbonyl (C=O) groups excluding carboxylic acids is 1. The lowest BCUT2D eigenvalue weighted by Gasteiger charge is -2.12. The average Bonchev–Trinajstić information content (AvgIpc) is 2.37. The van der Waals surface area contributed by atoms with Crippen molar-refractivity contribution < 1.29 is 9.72 Å². The van der Waals surface area contributed by atoms with Crippen LogP contribution < -0.4 is 5.32 Å². The van der Waals surface area contributed by atoms with Gasteiger partial charge >= 0.3 is 0 Å². The molecule has 0 bridgehead atoms. The van der Waals surface area contributed by atoms with Gasteiger partial charge < -0.3 is 5.32 Å². The third-order valence-electron chi connectivity index (χ3n) is 3.02. The molecule has 6 heteroatoms. The summed E-state index contributed by atoms with van der Waals surface area (Å²) in [6, 6.07) is 4.38. The monoisotopic (exact) mass is 280 g/mol. The number of allylic oxidation sites excluding steroid dienone is 1. The molecular weight excluding hydrogens is 268 g/mol. The molecule has 100 valence electrons. The van der Waals surface area contributed by atoms with Crippen molar-refractivity contribution in [1.82, 2.24) is 0 Å². The van der Waals surface area contributed by atoms with Gasteiger partial charge in [-0.05, 0) is 31.4 Å². The number of nitrogens with one attached hydrogen (secondary N) is 1. The number of nitrogens with zero attached hydrogens (tertiary/aromatic N) is 1. The highest BCUT2D eigenvalue weighted by atomic mass is 35.5. The summed E-state index contributed by atoms with van der Waals surface area (Å²) in [5, 5.41) is 13.7. The zero-order chi connectivity index (χ0) is 13.8. The number of carbonyl (C=O) groups is 1. The number of ketones is 1. The number of halogens is 1. The minimum absolute atomic E-state index is 0.0726. The standard InChI is InChI=1S/C13H13ClN2O3/c14-11-7-10(5-6-12(11)16(18)19)15-8-9-3-1-2-4-13(9)17/h5-8,15H,1-4H2/b9-8+. The molecule has 1 N–H and O–H groups in total. The molecule has 0 unspecified atom stereocenters. The Balaban J connectivity index is 2.11. The fraction of sp³-hybridized carbons (Fsp3) is 0.308. The molecule has 0 radical (unpaired) electrons. The molecule has 0 amide bonds. The van der Waals surface area contributed by atoms with Crippen LogP contribution in [0.2, 0.25) is 5.02 Å². The van der Waals surface area contributed by atoms with Crippen molar-refractivity contribution in [2.75, 3.05) is 5.32 Å². The van der Waals surface area contributed by atoms with Gasteiger partial charge in [0.05, 0.1) is 4.92 Å². The smallest absolute Gasteiger partial charge is 0.288 e. The summed E-state index contributed by atoms with van der Waals surface area (Å²) in [5.74, 6) is 0.159. The van der Waals surface area contributed by atoms with E-state index in [9.17, 15) is 14.9 Å². The Bertz CT molecular complexity index is 555. The van der Waals surface area contributed by atoms with Gasteiger partial charge in [0, 0.05) is 29.9 Å². The molecule has 0 heterocycles. The second-order valence-corrected chi connectivity index (χ2v) is 4.77. The number of nitro benzene ring substituents is 1. The summed E-state index contributed by atoms with van der Waals surface area (Å²) in [5.41, 5.74) is 1.26. The normalized spacial score (nSPS) is 17.5. The first-order chi connectivity index (χ1) is 9.08. The highest BCUT2D eigenvalue weighted by Gasteiger charge is 2.15. The van der Waals surface area contributed by atoms with Crippen LogP contribution >= 0.6 is 11.6 Å². The Labute approximate surface area is 115 Å². The maximum atomic E-state index is 11.6. The quantitative estimate of drug-likeness (QED) is 0.521. The minimum Gasteiger partial charge on any atom is -0.361 e. The van der Waals surface area contributed by atoms with Gasteiger partial charge in [0.25, 0.3) is 5.69 Å². The highest BCUT2D eigenvalue weighted by Crippen LogP contribution is 2.27. The van der Waals surface area contributed by atoms with Crippen LogP contribution in [0.4, 0.5) is 11.4 Å². The summed E-state index contributed by atoms with van der Waals surface area (Å²) in [6.45, 7) is 0. The third-order valence-corrected chi connectivity index (χ3v) is 3.32. The van der Waals surface area contributed by atoms with Crippen LogP contribution in [-0.2, 0) is 4.79 Å². The Morgan fingerprint density at radius 3 is 2.68 bits per heavy atom. The fourth-order valence-electron chi connectivity index (χ4n) is 1.97. The van der Waals surface area contributed by atoms with Crippen molar-refractivity contribution >= 4 is 28.8 Å². The van der Waals surface area contributed by atoms with Crippen LogP contribution in [0, 0.1) is 10.1 Å². The Hall–Kier alpha value is -1.88. The zero-order valence-corrected chi connectivity index (χ0v) is 10.9. The number of rotatable bonds is 3. The Morgan fingerprint density at radius 1 is 1.32 bits per heavy atom. The maximum Gasteiger partial charge on any atom is 0.288 e. The van der Waals surface area contributed by atoms with Crippen LogP contribution in [0.15, 0.2) is 30.0 Å². The first kappa shape index (κ1) is 13.5. The second-order valence-electron chi connectivity index (χ2n) is 4.37. The van der Waals surface area contributed by atoms with E-state index in [1.54, 1.807) is 12.3 Å². The van der Waals surface area contributed by atoms with E-state index in [0.717, 1.165) is 24.8 Å². The topological polar surface area (TPSA) is 72.2 Å². The van der Waals surface area contributed by atoms with Gasteiger partial charge in [-0.1, -0.05) is 11.6 Å². The van der Waals surface area contributed by atoms with Crippen molar-refractivity contribution in [3.63, 3.8) is 0 Å². The summed E-state index contributed by atoms with van der Waals surface area (Å²) in [7, 11) is 0. The first-order valence-electron chi connectivity index (χ1n) is 6.00. The number of Topliss-reactive ketones (excluding diaryl/α,β-unsaturated/α-hetero) is 1. The van der Waals surface area contributed by atoms with E-state index in [4.69, 9.17) is 11.6 Å². The van der Waals surface area contributed by atoms with E-state index in [2.05, 4.69) is 5.32 Å². The summed E-state index contributed by atoms with van der Waals surface area (Å²) in [6.07, 6.45) is 4.99. The molecule has 5 nitrogen and oxygen atoms in total. The largest absolute Gasteiger partial charge is 0.361 e. The van der Waals surface area contributed by atoms with Crippen LogP contribution in [0.3, 0.4) is 0 Å². The maximum absolute atomic E-state index is 11.6. The predicted octanol–water partition coefficient (Wildman–Crippen LogP) is 3.69. The number of hydrogen-bond donors (Lipinski definition) is 1. The molecule has 2 rings (SSSR count). The van der Waals surface area contributed by atoms with Crippen LogP contribution in [0.1, 0.15) is 25.7 Å². The van der Waals surface area contributed by atoms with Gasteiger partial charge in [0.15, 0.2) is 5.78 Å². The van der Waals surface area contributed by atoms with Crippen LogP contribution in [0.25, 0.3) is 0 Å². The molecular formula is C13H13ClN2O3. The Kier molecular flexibility index (Phi) is 4.16. The molecule has 1 aliphatic rings. The van der Waals surface area contributed by atoms with E-state index in [1.807, 2.05) is 0 Å². The number of anilines is 1. The van der Waals surface area contributed by atoms with Crippen molar-refractivity contribution in [3.8, 4) is 0 Å². The lowest BCUT2D eigenvalue weighted by atomic mass is 9.94. The van der Waals surface area contributed by atoms with E-state index < -0.39 is 4.92 Å². The molecule has 0 saturated heterocycles. The third kappa shape index (κ3) is 3.32. The average molecular weight is 281 g/mol. The van der Waals surface area contributed by atoms with Crippen LogP contribution in [-0.4, -0.2) is 10.7 Å². The van der Waals surface area contributed by atoms with Crippen molar-refractivity contribution in [3.05, 3.63) is 45.1 Å². The molecule has 19 heavy (non-hydrogen) atoms. The Morgan fingerprint density at radius 2 is 2.05 bits per heavy atom. The van der Waals surface area contributed by atoms with E-state index in [-0.39, 0.29) is 16.5 Å². The number of nitro groups is 1. The predicted molar refractivity (Wildman–Crippen MR) is 73.3 cm³/mol. The second kappa shape index (κ2) is 5.84. The first-order valence-corrected chi connectivity index (χ1v) is 6.38. The summed E-state index contributed by atoms with van der Waals surface area (Å²) in [4.78, 5) is 21.7. The van der Waals surface area contributed by atoms with Crippen molar-refractivity contribution in [2.24, 2.45) is 0 Å².